The molecule has 3 rings (SSSR count). The van der Waals surface area contributed by atoms with Crippen LogP contribution in [0.25, 0.3) is 0 Å². The third-order valence-electron chi connectivity index (χ3n) is 4.94. The fraction of sp³-hybridized carbons (Fsp3) is 0.400. The summed E-state index contributed by atoms with van der Waals surface area (Å²) in [5, 5.41) is 5.89. The number of halogens is 1. The van der Waals surface area contributed by atoms with Crippen LogP contribution in [0.5, 0.6) is 0 Å². The Bertz CT molecular complexity index is 721. The van der Waals surface area contributed by atoms with Gasteiger partial charge < -0.3 is 20.8 Å². The summed E-state index contributed by atoms with van der Waals surface area (Å²) in [6, 6.07) is 12.3. The lowest BCUT2D eigenvalue weighted by molar-refractivity contribution is -0.123. The van der Waals surface area contributed by atoms with Crippen molar-refractivity contribution in [1.82, 2.24) is 10.6 Å². The van der Waals surface area contributed by atoms with Gasteiger partial charge in [0.05, 0.1) is 6.26 Å². The summed E-state index contributed by atoms with van der Waals surface area (Å²) < 4.78 is 5.13. The Morgan fingerprint density at radius 1 is 1.15 bits per heavy atom. The molecule has 1 fully saturated rings. The van der Waals surface area contributed by atoms with E-state index in [1.165, 1.54) is 6.26 Å². The second-order valence-corrected chi connectivity index (χ2v) is 6.73. The lowest BCUT2D eigenvalue weighted by Gasteiger charge is -2.24. The highest BCUT2D eigenvalue weighted by Crippen LogP contribution is 2.24. The van der Waals surface area contributed by atoms with Gasteiger partial charge in [-0.2, -0.15) is 0 Å². The highest BCUT2D eigenvalue weighted by Gasteiger charge is 2.30. The van der Waals surface area contributed by atoms with Gasteiger partial charge in [0.2, 0.25) is 5.91 Å². The zero-order valence-electron chi connectivity index (χ0n) is 15.1. The Kier molecular flexibility index (Phi) is 7.88. The van der Waals surface area contributed by atoms with Crippen LogP contribution in [0.2, 0.25) is 0 Å². The lowest BCUT2D eigenvalue weighted by atomic mass is 10.0. The van der Waals surface area contributed by atoms with E-state index in [-0.39, 0.29) is 30.1 Å². The second kappa shape index (κ2) is 10.1. The topological polar surface area (TPSA) is 97.4 Å². The first-order valence-corrected chi connectivity index (χ1v) is 9.06. The predicted octanol–water partition coefficient (Wildman–Crippen LogP) is 2.29. The van der Waals surface area contributed by atoms with E-state index in [1.54, 1.807) is 12.1 Å². The first-order valence-electron chi connectivity index (χ1n) is 9.06. The van der Waals surface area contributed by atoms with E-state index in [0.717, 1.165) is 24.8 Å². The van der Waals surface area contributed by atoms with Gasteiger partial charge in [-0.25, -0.2) is 0 Å². The summed E-state index contributed by atoms with van der Waals surface area (Å²) in [6.07, 6.45) is 4.88. The van der Waals surface area contributed by atoms with Crippen molar-refractivity contribution in [1.29, 1.82) is 0 Å². The average Bonchev–Trinajstić information content (AvgIpc) is 3.33. The summed E-state index contributed by atoms with van der Waals surface area (Å²) >= 11 is 0. The molecule has 0 spiro atoms. The number of rotatable bonds is 7. The highest BCUT2D eigenvalue weighted by molar-refractivity contribution is 5.95. The van der Waals surface area contributed by atoms with Gasteiger partial charge in [-0.15, -0.1) is 12.4 Å². The molecule has 1 aromatic heterocycles. The molecule has 1 heterocycles. The molecule has 7 heteroatoms. The summed E-state index contributed by atoms with van der Waals surface area (Å²) in [6.45, 7) is 0.563. The summed E-state index contributed by atoms with van der Waals surface area (Å²) in [7, 11) is 0. The monoisotopic (exact) mass is 391 g/mol. The molecular formula is C20H26ClN3O3. The maximum Gasteiger partial charge on any atom is 0.287 e. The molecule has 27 heavy (non-hydrogen) atoms. The van der Waals surface area contributed by atoms with E-state index >= 15 is 0 Å². The molecule has 1 aliphatic carbocycles. The zero-order valence-corrected chi connectivity index (χ0v) is 15.9. The van der Waals surface area contributed by atoms with Gasteiger partial charge in [0.1, 0.15) is 6.04 Å². The number of furan rings is 1. The Labute approximate surface area is 165 Å². The Balaban J connectivity index is 0.00000261. The number of benzene rings is 1. The van der Waals surface area contributed by atoms with E-state index in [4.69, 9.17) is 10.2 Å². The standard InChI is InChI=1S/C20H25N3O3.ClH/c21-13-15-8-4-9-16(15)22-19(24)17(12-14-6-2-1-3-7-14)23-20(25)18-10-5-11-26-18;/h1-3,5-7,10-11,15-17H,4,8-9,12-13,21H2,(H,22,24)(H,23,25);1H. The van der Waals surface area contributed by atoms with Crippen LogP contribution in [-0.4, -0.2) is 30.4 Å². The van der Waals surface area contributed by atoms with Crippen molar-refractivity contribution in [3.8, 4) is 0 Å². The van der Waals surface area contributed by atoms with Crippen LogP contribution in [0.3, 0.4) is 0 Å². The third-order valence-corrected chi connectivity index (χ3v) is 4.94. The maximum atomic E-state index is 12.9. The molecule has 0 aliphatic heterocycles. The van der Waals surface area contributed by atoms with Crippen molar-refractivity contribution in [3.63, 3.8) is 0 Å². The largest absolute Gasteiger partial charge is 0.459 e. The number of nitrogens with two attached hydrogens (primary N) is 1. The normalized spacial score (nSPS) is 19.7. The number of carbonyl (C=O) groups is 2. The van der Waals surface area contributed by atoms with Crippen LogP contribution in [-0.2, 0) is 11.2 Å². The number of carbonyl (C=O) groups excluding carboxylic acids is 2. The minimum atomic E-state index is -0.672. The first-order chi connectivity index (χ1) is 12.7. The molecule has 146 valence electrons. The highest BCUT2D eigenvalue weighted by atomic mass is 35.5. The van der Waals surface area contributed by atoms with Gasteiger partial charge in [0, 0.05) is 12.5 Å². The Hall–Kier alpha value is -2.31. The predicted molar refractivity (Wildman–Crippen MR) is 106 cm³/mol. The Morgan fingerprint density at radius 3 is 2.59 bits per heavy atom. The molecule has 3 unspecified atom stereocenters. The van der Waals surface area contributed by atoms with Crippen molar-refractivity contribution >= 4 is 24.2 Å². The fourth-order valence-corrected chi connectivity index (χ4v) is 3.49. The molecule has 1 aromatic carbocycles. The van der Waals surface area contributed by atoms with Gasteiger partial charge in [0.25, 0.3) is 5.91 Å². The van der Waals surface area contributed by atoms with Crippen molar-refractivity contribution < 1.29 is 14.0 Å². The molecule has 0 radical (unpaired) electrons. The van der Waals surface area contributed by atoms with Gasteiger partial charge in [0.15, 0.2) is 5.76 Å². The fourth-order valence-electron chi connectivity index (χ4n) is 3.49. The first kappa shape index (κ1) is 21.0. The molecule has 3 atom stereocenters. The lowest BCUT2D eigenvalue weighted by Crippen LogP contribution is -2.52. The van der Waals surface area contributed by atoms with Crippen molar-refractivity contribution in [2.75, 3.05) is 6.54 Å². The van der Waals surface area contributed by atoms with Crippen molar-refractivity contribution in [2.24, 2.45) is 11.7 Å². The van der Waals surface area contributed by atoms with Gasteiger partial charge in [-0.3, -0.25) is 9.59 Å². The smallest absolute Gasteiger partial charge is 0.287 e. The quantitative estimate of drug-likeness (QED) is 0.674. The number of hydrogen-bond acceptors (Lipinski definition) is 4. The summed E-state index contributed by atoms with van der Waals surface area (Å²) in [5.74, 6) is -0.0827. The molecule has 2 amide bonds. The van der Waals surface area contributed by atoms with Crippen LogP contribution in [0, 0.1) is 5.92 Å². The molecular weight excluding hydrogens is 366 g/mol. The van der Waals surface area contributed by atoms with Gasteiger partial charge in [-0.1, -0.05) is 36.8 Å². The molecule has 4 N–H and O–H groups in total. The minimum Gasteiger partial charge on any atom is -0.459 e. The van der Waals surface area contributed by atoms with Gasteiger partial charge in [-0.05, 0) is 43.0 Å². The van der Waals surface area contributed by atoms with Crippen LogP contribution < -0.4 is 16.4 Å². The molecule has 0 saturated heterocycles. The number of hydrogen-bond donors (Lipinski definition) is 3. The summed E-state index contributed by atoms with van der Waals surface area (Å²) in [5.41, 5.74) is 6.79. The molecule has 1 aliphatic rings. The van der Waals surface area contributed by atoms with Crippen LogP contribution in [0.15, 0.2) is 53.1 Å². The summed E-state index contributed by atoms with van der Waals surface area (Å²) in [4.78, 5) is 25.2. The molecule has 2 aromatic rings. The van der Waals surface area contributed by atoms with Crippen LogP contribution >= 0.6 is 12.4 Å². The average molecular weight is 392 g/mol. The van der Waals surface area contributed by atoms with Crippen molar-refractivity contribution in [2.45, 2.75) is 37.8 Å². The number of nitrogens with one attached hydrogen (secondary N) is 2. The van der Waals surface area contributed by atoms with Crippen LogP contribution in [0.4, 0.5) is 0 Å². The molecule has 6 nitrogen and oxygen atoms in total. The minimum absolute atomic E-state index is 0. The molecule has 0 bridgehead atoms. The SMILES string of the molecule is Cl.NCC1CCCC1NC(=O)C(Cc1ccccc1)NC(=O)c1ccco1. The van der Waals surface area contributed by atoms with Gasteiger partial charge >= 0.3 is 0 Å². The molecule has 1 saturated carbocycles. The second-order valence-electron chi connectivity index (χ2n) is 6.73. The number of amides is 2. The van der Waals surface area contributed by atoms with Crippen LogP contribution in [0.1, 0.15) is 35.4 Å². The third kappa shape index (κ3) is 5.58. The maximum absolute atomic E-state index is 12.9. The van der Waals surface area contributed by atoms with E-state index < -0.39 is 11.9 Å². The van der Waals surface area contributed by atoms with E-state index in [9.17, 15) is 9.59 Å². The Morgan fingerprint density at radius 2 is 1.93 bits per heavy atom. The van der Waals surface area contributed by atoms with E-state index in [2.05, 4.69) is 10.6 Å². The zero-order chi connectivity index (χ0) is 18.4. The van der Waals surface area contributed by atoms with Crippen molar-refractivity contribution in [3.05, 3.63) is 60.1 Å². The van der Waals surface area contributed by atoms with E-state index in [1.807, 2.05) is 30.3 Å². The van der Waals surface area contributed by atoms with E-state index in [0.29, 0.717) is 18.9 Å².